The summed E-state index contributed by atoms with van der Waals surface area (Å²) in [5, 5.41) is 5.74. The fraction of sp³-hybridized carbons (Fsp3) is 0.333. The fourth-order valence-electron chi connectivity index (χ4n) is 2.69. The molecule has 2 N–H and O–H groups in total. The van der Waals surface area contributed by atoms with Crippen LogP contribution in [0.1, 0.15) is 43.1 Å². The molecule has 2 rings (SSSR count). The number of aryl methyl sites for hydroxylation is 1. The third kappa shape index (κ3) is 4.85. The standard InChI is InChI=1S/C21H27N3O2/c1-5-20(25)22-17-11-8-15(4)19(14-17)23-21(26)16-9-12-18(13-10-16)24(6-2)7-3/h8-14H,5-7H2,1-4H3,(H,22,25)(H,23,26). The van der Waals surface area contributed by atoms with E-state index in [1.54, 1.807) is 13.0 Å². The number of rotatable bonds is 7. The first-order chi connectivity index (χ1) is 12.5. The van der Waals surface area contributed by atoms with Gasteiger partial charge in [0.1, 0.15) is 0 Å². The molecule has 0 heterocycles. The quantitative estimate of drug-likeness (QED) is 0.773. The van der Waals surface area contributed by atoms with Crippen LogP contribution in [0.2, 0.25) is 0 Å². The van der Waals surface area contributed by atoms with Crippen LogP contribution in [-0.4, -0.2) is 24.9 Å². The van der Waals surface area contributed by atoms with Crippen molar-refractivity contribution in [3.05, 3.63) is 53.6 Å². The van der Waals surface area contributed by atoms with Gasteiger partial charge in [-0.3, -0.25) is 9.59 Å². The largest absolute Gasteiger partial charge is 0.372 e. The zero-order valence-corrected chi connectivity index (χ0v) is 15.9. The average Bonchev–Trinajstić information content (AvgIpc) is 2.65. The maximum absolute atomic E-state index is 12.6. The molecule has 0 atom stereocenters. The number of nitrogens with one attached hydrogen (secondary N) is 2. The number of hydrogen-bond acceptors (Lipinski definition) is 3. The lowest BCUT2D eigenvalue weighted by atomic mass is 10.1. The normalized spacial score (nSPS) is 10.3. The van der Waals surface area contributed by atoms with Crippen LogP contribution >= 0.6 is 0 Å². The Balaban J connectivity index is 2.14. The molecule has 138 valence electrons. The summed E-state index contributed by atoms with van der Waals surface area (Å²) < 4.78 is 0. The van der Waals surface area contributed by atoms with Crippen molar-refractivity contribution in [1.29, 1.82) is 0 Å². The number of carbonyl (C=O) groups excluding carboxylic acids is 2. The molecule has 0 spiro atoms. The lowest BCUT2D eigenvalue weighted by Gasteiger charge is -2.21. The second-order valence-electron chi connectivity index (χ2n) is 6.10. The Morgan fingerprint density at radius 3 is 2.15 bits per heavy atom. The number of anilines is 3. The Bertz CT molecular complexity index is 765. The van der Waals surface area contributed by atoms with Gasteiger partial charge >= 0.3 is 0 Å². The van der Waals surface area contributed by atoms with Crippen molar-refractivity contribution in [3.63, 3.8) is 0 Å². The SMILES string of the molecule is CCC(=O)Nc1ccc(C)c(NC(=O)c2ccc(N(CC)CC)cc2)c1. The van der Waals surface area contributed by atoms with E-state index >= 15 is 0 Å². The summed E-state index contributed by atoms with van der Waals surface area (Å²) in [6, 6.07) is 13.1. The molecule has 0 saturated carbocycles. The first-order valence-electron chi connectivity index (χ1n) is 9.05. The van der Waals surface area contributed by atoms with E-state index in [-0.39, 0.29) is 11.8 Å². The second-order valence-corrected chi connectivity index (χ2v) is 6.10. The highest BCUT2D eigenvalue weighted by Gasteiger charge is 2.10. The molecule has 5 heteroatoms. The van der Waals surface area contributed by atoms with Crippen LogP contribution in [0.4, 0.5) is 17.1 Å². The molecule has 2 aromatic rings. The fourth-order valence-corrected chi connectivity index (χ4v) is 2.69. The molecule has 0 radical (unpaired) electrons. The third-order valence-corrected chi connectivity index (χ3v) is 4.35. The van der Waals surface area contributed by atoms with Gasteiger partial charge in [0.25, 0.3) is 5.91 Å². The van der Waals surface area contributed by atoms with E-state index in [1.165, 1.54) is 0 Å². The van der Waals surface area contributed by atoms with Crippen molar-refractivity contribution in [2.45, 2.75) is 34.1 Å². The van der Waals surface area contributed by atoms with Crippen molar-refractivity contribution >= 4 is 28.9 Å². The Hall–Kier alpha value is -2.82. The Morgan fingerprint density at radius 1 is 0.923 bits per heavy atom. The molecule has 5 nitrogen and oxygen atoms in total. The van der Waals surface area contributed by atoms with Gasteiger partial charge in [-0.2, -0.15) is 0 Å². The molecule has 0 bridgehead atoms. The first-order valence-corrected chi connectivity index (χ1v) is 9.05. The summed E-state index contributed by atoms with van der Waals surface area (Å²) in [7, 11) is 0. The molecule has 0 fully saturated rings. The Labute approximate surface area is 155 Å². The zero-order valence-electron chi connectivity index (χ0n) is 15.9. The topological polar surface area (TPSA) is 61.4 Å². The number of carbonyl (C=O) groups is 2. The van der Waals surface area contributed by atoms with E-state index < -0.39 is 0 Å². The first kappa shape index (κ1) is 19.5. The molecular formula is C21H27N3O2. The van der Waals surface area contributed by atoms with Gasteiger partial charge in [-0.1, -0.05) is 13.0 Å². The summed E-state index contributed by atoms with van der Waals surface area (Å²) in [5.41, 5.74) is 4.01. The number of amides is 2. The lowest BCUT2D eigenvalue weighted by Crippen LogP contribution is -2.22. The minimum absolute atomic E-state index is 0.0573. The van der Waals surface area contributed by atoms with Crippen LogP contribution in [0.25, 0.3) is 0 Å². The van der Waals surface area contributed by atoms with Gasteiger partial charge in [-0.25, -0.2) is 0 Å². The lowest BCUT2D eigenvalue weighted by molar-refractivity contribution is -0.115. The van der Waals surface area contributed by atoms with E-state index in [1.807, 2.05) is 43.3 Å². The van der Waals surface area contributed by atoms with E-state index in [2.05, 4.69) is 29.4 Å². The summed E-state index contributed by atoms with van der Waals surface area (Å²) in [4.78, 5) is 26.3. The summed E-state index contributed by atoms with van der Waals surface area (Å²) in [6.07, 6.45) is 0.411. The molecule has 26 heavy (non-hydrogen) atoms. The minimum Gasteiger partial charge on any atom is -0.372 e. The number of nitrogens with zero attached hydrogens (tertiary/aromatic N) is 1. The van der Waals surface area contributed by atoms with Crippen LogP contribution in [0.5, 0.6) is 0 Å². The molecule has 0 aliphatic heterocycles. The van der Waals surface area contributed by atoms with E-state index in [9.17, 15) is 9.59 Å². The highest BCUT2D eigenvalue weighted by atomic mass is 16.2. The zero-order chi connectivity index (χ0) is 19.1. The molecule has 0 aliphatic rings. The van der Waals surface area contributed by atoms with E-state index in [4.69, 9.17) is 0 Å². The van der Waals surface area contributed by atoms with Crippen molar-refractivity contribution in [2.24, 2.45) is 0 Å². The maximum atomic E-state index is 12.6. The van der Waals surface area contributed by atoms with Gasteiger partial charge < -0.3 is 15.5 Å². The minimum atomic E-state index is -0.168. The number of hydrogen-bond donors (Lipinski definition) is 2. The van der Waals surface area contributed by atoms with Gasteiger partial charge in [0.05, 0.1) is 0 Å². The van der Waals surface area contributed by atoms with E-state index in [0.29, 0.717) is 23.4 Å². The predicted molar refractivity (Wildman–Crippen MR) is 108 cm³/mol. The van der Waals surface area contributed by atoms with Crippen molar-refractivity contribution in [2.75, 3.05) is 28.6 Å². The molecule has 0 aromatic heterocycles. The summed E-state index contributed by atoms with van der Waals surface area (Å²) >= 11 is 0. The van der Waals surface area contributed by atoms with Crippen molar-refractivity contribution < 1.29 is 9.59 Å². The monoisotopic (exact) mass is 353 g/mol. The van der Waals surface area contributed by atoms with Crippen molar-refractivity contribution in [1.82, 2.24) is 0 Å². The summed E-state index contributed by atoms with van der Waals surface area (Å²) in [5.74, 6) is -0.226. The van der Waals surface area contributed by atoms with E-state index in [0.717, 1.165) is 24.3 Å². The molecule has 0 unspecified atom stereocenters. The predicted octanol–water partition coefficient (Wildman–Crippen LogP) is 4.44. The van der Waals surface area contributed by atoms with Crippen LogP contribution in [0, 0.1) is 6.92 Å². The van der Waals surface area contributed by atoms with Gasteiger partial charge in [0.15, 0.2) is 0 Å². The highest BCUT2D eigenvalue weighted by molar-refractivity contribution is 6.05. The Kier molecular flexibility index (Phi) is 6.78. The highest BCUT2D eigenvalue weighted by Crippen LogP contribution is 2.22. The molecule has 2 amide bonds. The van der Waals surface area contributed by atoms with Crippen LogP contribution in [0.3, 0.4) is 0 Å². The second kappa shape index (κ2) is 9.04. The molecule has 0 saturated heterocycles. The van der Waals surface area contributed by atoms with Gasteiger partial charge in [0, 0.05) is 42.1 Å². The smallest absolute Gasteiger partial charge is 0.255 e. The van der Waals surface area contributed by atoms with Crippen molar-refractivity contribution in [3.8, 4) is 0 Å². The average molecular weight is 353 g/mol. The van der Waals surface area contributed by atoms with Crippen LogP contribution in [0.15, 0.2) is 42.5 Å². The molecule has 2 aromatic carbocycles. The molecule has 0 aliphatic carbocycles. The van der Waals surface area contributed by atoms with Gasteiger partial charge in [-0.05, 0) is 62.7 Å². The third-order valence-electron chi connectivity index (χ3n) is 4.35. The Morgan fingerprint density at radius 2 is 1.58 bits per heavy atom. The molecular weight excluding hydrogens is 326 g/mol. The van der Waals surface area contributed by atoms with Crippen LogP contribution < -0.4 is 15.5 Å². The maximum Gasteiger partial charge on any atom is 0.255 e. The van der Waals surface area contributed by atoms with Gasteiger partial charge in [0.2, 0.25) is 5.91 Å². The van der Waals surface area contributed by atoms with Crippen LogP contribution in [-0.2, 0) is 4.79 Å². The number of benzene rings is 2. The van der Waals surface area contributed by atoms with Gasteiger partial charge in [-0.15, -0.1) is 0 Å². The summed E-state index contributed by atoms with van der Waals surface area (Å²) in [6.45, 7) is 9.79.